The van der Waals surface area contributed by atoms with Crippen LogP contribution in [0.1, 0.15) is 21.6 Å². The number of thiophene rings is 1. The summed E-state index contributed by atoms with van der Waals surface area (Å²) < 4.78 is 27.6. The monoisotopic (exact) mass is 344 g/mol. The number of nitrogens with one attached hydrogen (secondary N) is 1. The van der Waals surface area contributed by atoms with E-state index < -0.39 is 10.0 Å². The lowest BCUT2D eigenvalue weighted by molar-refractivity contribution is 0.581. The highest BCUT2D eigenvalue weighted by Crippen LogP contribution is 2.25. The Bertz CT molecular complexity index is 754. The maximum atomic E-state index is 12.5. The van der Waals surface area contributed by atoms with Gasteiger partial charge in [-0.1, -0.05) is 11.6 Å². The third kappa shape index (κ3) is 3.64. The molecule has 0 bridgehead atoms. The van der Waals surface area contributed by atoms with E-state index in [4.69, 9.17) is 17.3 Å². The quantitative estimate of drug-likeness (QED) is 0.875. The molecular formula is C14H17ClN2O2S2. The maximum Gasteiger partial charge on any atom is 0.241 e. The summed E-state index contributed by atoms with van der Waals surface area (Å²) >= 11 is 7.51. The van der Waals surface area contributed by atoms with E-state index in [0.717, 1.165) is 16.0 Å². The van der Waals surface area contributed by atoms with Crippen molar-refractivity contribution < 1.29 is 8.42 Å². The molecule has 0 saturated carbocycles. The van der Waals surface area contributed by atoms with Crippen LogP contribution in [0.3, 0.4) is 0 Å². The summed E-state index contributed by atoms with van der Waals surface area (Å²) in [7, 11) is -3.62. The summed E-state index contributed by atoms with van der Waals surface area (Å²) in [6.07, 6.45) is 0. The van der Waals surface area contributed by atoms with Gasteiger partial charge in [0.15, 0.2) is 0 Å². The second-order valence-corrected chi connectivity index (χ2v) is 7.92. The molecule has 114 valence electrons. The van der Waals surface area contributed by atoms with E-state index in [-0.39, 0.29) is 18.0 Å². The van der Waals surface area contributed by atoms with Gasteiger partial charge in [-0.25, -0.2) is 13.1 Å². The highest BCUT2D eigenvalue weighted by Gasteiger charge is 2.19. The Morgan fingerprint density at radius 3 is 2.62 bits per heavy atom. The first-order valence-electron chi connectivity index (χ1n) is 6.37. The number of aryl methyl sites for hydroxylation is 1. The number of rotatable bonds is 5. The smallest absolute Gasteiger partial charge is 0.241 e. The van der Waals surface area contributed by atoms with Crippen LogP contribution in [0.2, 0.25) is 5.02 Å². The van der Waals surface area contributed by atoms with Crippen LogP contribution >= 0.6 is 22.9 Å². The Morgan fingerprint density at radius 2 is 2.05 bits per heavy atom. The molecule has 21 heavy (non-hydrogen) atoms. The number of nitrogens with two attached hydrogens (primary N) is 1. The Kier molecular flexibility index (Phi) is 5.06. The minimum Gasteiger partial charge on any atom is -0.326 e. The van der Waals surface area contributed by atoms with E-state index >= 15 is 0 Å². The van der Waals surface area contributed by atoms with Crippen molar-refractivity contribution in [3.8, 4) is 0 Å². The van der Waals surface area contributed by atoms with Crippen LogP contribution in [0.25, 0.3) is 0 Å². The number of hydrogen-bond donors (Lipinski definition) is 2. The fourth-order valence-electron chi connectivity index (χ4n) is 2.02. The molecule has 0 fully saturated rings. The summed E-state index contributed by atoms with van der Waals surface area (Å²) in [6.45, 7) is 4.22. The van der Waals surface area contributed by atoms with Crippen LogP contribution in [0.15, 0.2) is 28.5 Å². The molecule has 1 aromatic carbocycles. The van der Waals surface area contributed by atoms with Crippen LogP contribution in [0.4, 0.5) is 0 Å². The lowest BCUT2D eigenvalue weighted by atomic mass is 10.1. The van der Waals surface area contributed by atoms with Gasteiger partial charge in [-0.3, -0.25) is 0 Å². The number of benzene rings is 1. The molecule has 0 amide bonds. The summed E-state index contributed by atoms with van der Waals surface area (Å²) in [5.41, 5.74) is 8.08. The van der Waals surface area contributed by atoms with Gasteiger partial charge in [-0.2, -0.15) is 0 Å². The topological polar surface area (TPSA) is 72.2 Å². The number of halogens is 1. The first kappa shape index (κ1) is 16.5. The van der Waals surface area contributed by atoms with Gasteiger partial charge in [-0.05, 0) is 54.1 Å². The van der Waals surface area contributed by atoms with Gasteiger partial charge in [0.05, 0.1) is 4.90 Å². The third-order valence-electron chi connectivity index (χ3n) is 3.33. The Morgan fingerprint density at radius 1 is 1.33 bits per heavy atom. The number of hydrogen-bond acceptors (Lipinski definition) is 4. The molecule has 0 radical (unpaired) electrons. The summed E-state index contributed by atoms with van der Waals surface area (Å²) in [6, 6.07) is 5.12. The zero-order chi connectivity index (χ0) is 15.6. The van der Waals surface area contributed by atoms with Crippen molar-refractivity contribution in [1.29, 1.82) is 0 Å². The van der Waals surface area contributed by atoms with Gasteiger partial charge >= 0.3 is 0 Å². The molecule has 0 atom stereocenters. The first-order valence-corrected chi connectivity index (χ1v) is 9.11. The van der Waals surface area contributed by atoms with Gasteiger partial charge in [0.25, 0.3) is 0 Å². The highest BCUT2D eigenvalue weighted by molar-refractivity contribution is 7.89. The fraction of sp³-hybridized carbons (Fsp3) is 0.286. The second kappa shape index (κ2) is 6.46. The average Bonchev–Trinajstić information content (AvgIpc) is 2.84. The van der Waals surface area contributed by atoms with Crippen LogP contribution in [-0.4, -0.2) is 8.42 Å². The van der Waals surface area contributed by atoms with Crippen LogP contribution in [0.5, 0.6) is 0 Å². The molecule has 0 unspecified atom stereocenters. The molecule has 0 aliphatic carbocycles. The van der Waals surface area contributed by atoms with Gasteiger partial charge in [0, 0.05) is 23.0 Å². The van der Waals surface area contributed by atoms with E-state index in [1.165, 1.54) is 17.4 Å². The van der Waals surface area contributed by atoms with Gasteiger partial charge < -0.3 is 5.73 Å². The molecule has 0 saturated heterocycles. The minimum atomic E-state index is -3.62. The van der Waals surface area contributed by atoms with E-state index in [2.05, 4.69) is 4.72 Å². The third-order valence-corrected chi connectivity index (χ3v) is 6.10. The fourth-order valence-corrected chi connectivity index (χ4v) is 4.57. The summed E-state index contributed by atoms with van der Waals surface area (Å²) in [5.74, 6) is 0. The molecule has 0 spiro atoms. The van der Waals surface area contributed by atoms with Gasteiger partial charge in [0.1, 0.15) is 0 Å². The Labute approximate surface area is 134 Å². The molecule has 0 aliphatic heterocycles. The van der Waals surface area contributed by atoms with Crippen molar-refractivity contribution in [3.05, 3.63) is 50.2 Å². The highest BCUT2D eigenvalue weighted by atomic mass is 35.5. The van der Waals surface area contributed by atoms with Gasteiger partial charge in [0.2, 0.25) is 10.0 Å². The van der Waals surface area contributed by atoms with E-state index in [1.54, 1.807) is 13.0 Å². The Balaban J connectivity index is 2.32. The predicted octanol–water partition coefficient (Wildman–Crippen LogP) is 2.96. The molecule has 1 heterocycles. The molecule has 7 heteroatoms. The molecule has 1 aromatic heterocycles. The average molecular weight is 345 g/mol. The second-order valence-electron chi connectivity index (χ2n) is 4.74. The van der Waals surface area contributed by atoms with Crippen LogP contribution in [0, 0.1) is 13.8 Å². The van der Waals surface area contributed by atoms with E-state index in [0.29, 0.717) is 10.6 Å². The van der Waals surface area contributed by atoms with Crippen LogP contribution < -0.4 is 10.5 Å². The van der Waals surface area contributed by atoms with Crippen molar-refractivity contribution in [3.63, 3.8) is 0 Å². The summed E-state index contributed by atoms with van der Waals surface area (Å²) in [4.78, 5) is 1.18. The van der Waals surface area contributed by atoms with Crippen molar-refractivity contribution in [2.45, 2.75) is 31.8 Å². The molecule has 2 rings (SSSR count). The Hall–Kier alpha value is -0.920. The largest absolute Gasteiger partial charge is 0.326 e. The summed E-state index contributed by atoms with van der Waals surface area (Å²) in [5, 5.41) is 2.31. The number of sulfonamides is 1. The SMILES string of the molecule is Cc1ccsc1CNS(=O)(=O)c1cc(Cl)cc(CN)c1C. The first-order chi connectivity index (χ1) is 9.85. The van der Waals surface area contributed by atoms with Crippen molar-refractivity contribution >= 4 is 33.0 Å². The minimum absolute atomic E-state index is 0.185. The van der Waals surface area contributed by atoms with Crippen molar-refractivity contribution in [1.82, 2.24) is 4.72 Å². The van der Waals surface area contributed by atoms with Gasteiger partial charge in [-0.15, -0.1) is 11.3 Å². The zero-order valence-electron chi connectivity index (χ0n) is 11.8. The van der Waals surface area contributed by atoms with E-state index in [1.807, 2.05) is 18.4 Å². The lowest BCUT2D eigenvalue weighted by Gasteiger charge is -2.13. The lowest BCUT2D eigenvalue weighted by Crippen LogP contribution is -2.24. The normalized spacial score (nSPS) is 11.8. The molecule has 3 N–H and O–H groups in total. The molecule has 4 nitrogen and oxygen atoms in total. The van der Waals surface area contributed by atoms with Crippen LogP contribution in [-0.2, 0) is 23.1 Å². The molecular weight excluding hydrogens is 328 g/mol. The predicted molar refractivity (Wildman–Crippen MR) is 87.2 cm³/mol. The molecule has 2 aromatic rings. The zero-order valence-corrected chi connectivity index (χ0v) is 14.2. The van der Waals surface area contributed by atoms with E-state index in [9.17, 15) is 8.42 Å². The maximum absolute atomic E-state index is 12.5. The standard InChI is InChI=1S/C14H17ClN2O2S2/c1-9-3-4-20-13(9)8-17-21(18,19)14-6-12(15)5-11(7-16)10(14)2/h3-6,17H,7-8,16H2,1-2H3. The van der Waals surface area contributed by atoms with Crippen molar-refractivity contribution in [2.24, 2.45) is 5.73 Å². The van der Waals surface area contributed by atoms with Crippen molar-refractivity contribution in [2.75, 3.05) is 0 Å². The molecule has 0 aliphatic rings.